The van der Waals surface area contributed by atoms with Crippen molar-refractivity contribution in [1.29, 1.82) is 0 Å². The minimum Gasteiger partial charge on any atom is -0.332 e. The smallest absolute Gasteiger partial charge is 0.259 e. The summed E-state index contributed by atoms with van der Waals surface area (Å²) in [6.45, 7) is 2.36. The quantitative estimate of drug-likeness (QED) is 0.909. The van der Waals surface area contributed by atoms with Gasteiger partial charge in [-0.25, -0.2) is 13.4 Å². The normalized spacial score (nSPS) is 18.4. The van der Waals surface area contributed by atoms with Gasteiger partial charge < -0.3 is 4.98 Å². The zero-order chi connectivity index (χ0) is 13.2. The fraction of sp³-hybridized carbons (Fsp3) is 0.750. The zero-order valence-electron chi connectivity index (χ0n) is 11.0. The maximum absolute atomic E-state index is 12.3. The predicted molar refractivity (Wildman–Crippen MR) is 69.7 cm³/mol. The van der Waals surface area contributed by atoms with E-state index in [-0.39, 0.29) is 5.03 Å². The summed E-state index contributed by atoms with van der Waals surface area (Å²) in [4.78, 5) is 6.74. The van der Waals surface area contributed by atoms with Crippen LogP contribution in [-0.2, 0) is 10.0 Å². The molecule has 0 spiro atoms. The molecular weight excluding hydrogens is 250 g/mol. The Bertz CT molecular complexity index is 489. The molecule has 0 amide bonds. The second-order valence-corrected chi connectivity index (χ2v) is 7.14. The van der Waals surface area contributed by atoms with E-state index < -0.39 is 10.0 Å². The summed E-state index contributed by atoms with van der Waals surface area (Å²) in [6.07, 6.45) is 7.40. The van der Waals surface area contributed by atoms with Gasteiger partial charge in [0, 0.05) is 13.6 Å². The summed E-state index contributed by atoms with van der Waals surface area (Å²) in [5.41, 5.74) is 0. The summed E-state index contributed by atoms with van der Waals surface area (Å²) in [6, 6.07) is 0. The van der Waals surface area contributed by atoms with Gasteiger partial charge in [-0.15, -0.1) is 0 Å². The maximum atomic E-state index is 12.3. The first kappa shape index (κ1) is 13.5. The highest BCUT2D eigenvalue weighted by atomic mass is 32.2. The Morgan fingerprint density at radius 3 is 2.61 bits per heavy atom. The van der Waals surface area contributed by atoms with Crippen molar-refractivity contribution in [3.8, 4) is 0 Å². The average molecular weight is 271 g/mol. The van der Waals surface area contributed by atoms with Crippen molar-refractivity contribution < 1.29 is 8.42 Å². The van der Waals surface area contributed by atoms with E-state index in [1.54, 1.807) is 14.0 Å². The number of aromatic amines is 1. The second-order valence-electron chi connectivity index (χ2n) is 5.12. The molecular formula is C12H21N3O2S. The summed E-state index contributed by atoms with van der Waals surface area (Å²) in [5, 5.41) is 0.193. The van der Waals surface area contributed by atoms with Crippen molar-refractivity contribution in [3.63, 3.8) is 0 Å². The fourth-order valence-electron chi connectivity index (χ4n) is 2.53. The molecule has 2 rings (SSSR count). The Morgan fingerprint density at radius 1 is 1.39 bits per heavy atom. The van der Waals surface area contributed by atoms with E-state index in [0.29, 0.717) is 18.3 Å². The van der Waals surface area contributed by atoms with E-state index in [0.717, 1.165) is 12.8 Å². The topological polar surface area (TPSA) is 66.1 Å². The van der Waals surface area contributed by atoms with E-state index in [1.165, 1.54) is 29.8 Å². The second kappa shape index (κ2) is 5.40. The number of sulfonamides is 1. The van der Waals surface area contributed by atoms with Crippen LogP contribution >= 0.6 is 0 Å². The standard InChI is InChI=1S/C12H21N3O2S/c1-10-13-8-12(14-10)18(16,17)15(2)9-11-6-4-3-5-7-11/h8,11H,3-7,9H2,1-2H3,(H,13,14). The fourth-order valence-corrected chi connectivity index (χ4v) is 3.73. The number of imidazole rings is 1. The van der Waals surface area contributed by atoms with Crippen molar-refractivity contribution in [2.45, 2.75) is 44.1 Å². The Hall–Kier alpha value is -0.880. The molecule has 18 heavy (non-hydrogen) atoms. The molecule has 1 fully saturated rings. The van der Waals surface area contributed by atoms with Crippen LogP contribution < -0.4 is 0 Å². The van der Waals surface area contributed by atoms with Gasteiger partial charge in [0.2, 0.25) is 0 Å². The molecule has 1 aliphatic carbocycles. The van der Waals surface area contributed by atoms with Crippen LogP contribution in [0.15, 0.2) is 11.2 Å². The third-order valence-corrected chi connectivity index (χ3v) is 5.34. The predicted octanol–water partition coefficient (Wildman–Crippen LogP) is 1.92. The number of aryl methyl sites for hydroxylation is 1. The molecule has 0 radical (unpaired) electrons. The lowest BCUT2D eigenvalue weighted by Gasteiger charge is -2.26. The summed E-state index contributed by atoms with van der Waals surface area (Å²) in [7, 11) is -1.75. The molecule has 0 aromatic carbocycles. The van der Waals surface area contributed by atoms with Crippen LogP contribution in [0.2, 0.25) is 0 Å². The van der Waals surface area contributed by atoms with E-state index in [1.807, 2.05) is 0 Å². The minimum atomic E-state index is -3.40. The monoisotopic (exact) mass is 271 g/mol. The molecule has 1 heterocycles. The van der Waals surface area contributed by atoms with Crippen molar-refractivity contribution in [2.75, 3.05) is 13.6 Å². The molecule has 1 aromatic rings. The van der Waals surface area contributed by atoms with Crippen molar-refractivity contribution in [3.05, 3.63) is 12.0 Å². The number of H-pyrrole nitrogens is 1. The molecule has 0 bridgehead atoms. The highest BCUT2D eigenvalue weighted by Gasteiger charge is 2.26. The first-order valence-corrected chi connectivity index (χ1v) is 7.92. The Morgan fingerprint density at radius 2 is 2.06 bits per heavy atom. The third-order valence-electron chi connectivity index (χ3n) is 3.61. The van der Waals surface area contributed by atoms with Crippen molar-refractivity contribution >= 4 is 10.0 Å². The number of hydrogen-bond donors (Lipinski definition) is 1. The molecule has 0 atom stereocenters. The van der Waals surface area contributed by atoms with Gasteiger partial charge >= 0.3 is 0 Å². The van der Waals surface area contributed by atoms with Crippen LogP contribution in [-0.4, -0.2) is 36.3 Å². The molecule has 1 N–H and O–H groups in total. The van der Waals surface area contributed by atoms with Gasteiger partial charge in [-0.3, -0.25) is 0 Å². The van der Waals surface area contributed by atoms with Gasteiger partial charge in [-0.05, 0) is 25.7 Å². The SMILES string of the molecule is Cc1ncc(S(=O)(=O)N(C)CC2CCCCC2)[nH]1. The Balaban J connectivity index is 2.05. The van der Waals surface area contributed by atoms with E-state index in [9.17, 15) is 8.42 Å². The van der Waals surface area contributed by atoms with Gasteiger partial charge in [0.1, 0.15) is 5.82 Å². The van der Waals surface area contributed by atoms with Gasteiger partial charge in [-0.2, -0.15) is 4.31 Å². The van der Waals surface area contributed by atoms with Crippen molar-refractivity contribution in [1.82, 2.24) is 14.3 Å². The van der Waals surface area contributed by atoms with Gasteiger partial charge in [0.25, 0.3) is 10.0 Å². The molecule has 6 heteroatoms. The van der Waals surface area contributed by atoms with E-state index in [2.05, 4.69) is 9.97 Å². The molecule has 1 saturated carbocycles. The van der Waals surface area contributed by atoms with Crippen LogP contribution in [0.3, 0.4) is 0 Å². The lowest BCUT2D eigenvalue weighted by atomic mass is 9.89. The van der Waals surface area contributed by atoms with Gasteiger partial charge in [0.15, 0.2) is 5.03 Å². The molecule has 0 saturated heterocycles. The van der Waals surface area contributed by atoms with Crippen LogP contribution in [0, 0.1) is 12.8 Å². The van der Waals surface area contributed by atoms with Crippen LogP contribution in [0.25, 0.3) is 0 Å². The summed E-state index contributed by atoms with van der Waals surface area (Å²) >= 11 is 0. The maximum Gasteiger partial charge on any atom is 0.259 e. The lowest BCUT2D eigenvalue weighted by Crippen LogP contribution is -2.32. The van der Waals surface area contributed by atoms with Crippen LogP contribution in [0.1, 0.15) is 37.9 Å². The molecule has 0 aliphatic heterocycles. The lowest BCUT2D eigenvalue weighted by molar-refractivity contribution is 0.299. The minimum absolute atomic E-state index is 0.193. The molecule has 1 aliphatic rings. The Labute approximate surface area is 109 Å². The average Bonchev–Trinajstić information content (AvgIpc) is 2.78. The molecule has 5 nitrogen and oxygen atoms in total. The number of hydrogen-bond acceptors (Lipinski definition) is 3. The highest BCUT2D eigenvalue weighted by Crippen LogP contribution is 2.25. The number of rotatable bonds is 4. The zero-order valence-corrected chi connectivity index (χ0v) is 11.8. The number of nitrogens with one attached hydrogen (secondary N) is 1. The third kappa shape index (κ3) is 2.92. The summed E-state index contributed by atoms with van der Waals surface area (Å²) < 4.78 is 26.0. The van der Waals surface area contributed by atoms with Crippen LogP contribution in [0.4, 0.5) is 0 Å². The molecule has 102 valence electrons. The van der Waals surface area contributed by atoms with E-state index >= 15 is 0 Å². The number of aromatic nitrogens is 2. The molecule has 1 aromatic heterocycles. The first-order chi connectivity index (χ1) is 8.50. The summed E-state index contributed by atoms with van der Waals surface area (Å²) in [5.74, 6) is 1.13. The largest absolute Gasteiger partial charge is 0.332 e. The number of nitrogens with zero attached hydrogens (tertiary/aromatic N) is 2. The van der Waals surface area contributed by atoms with Gasteiger partial charge in [0.05, 0.1) is 6.20 Å². The van der Waals surface area contributed by atoms with Gasteiger partial charge in [-0.1, -0.05) is 19.3 Å². The van der Waals surface area contributed by atoms with Crippen molar-refractivity contribution in [2.24, 2.45) is 5.92 Å². The Kier molecular flexibility index (Phi) is 4.07. The van der Waals surface area contributed by atoms with Crippen LogP contribution in [0.5, 0.6) is 0 Å². The first-order valence-electron chi connectivity index (χ1n) is 6.48. The van der Waals surface area contributed by atoms with E-state index in [4.69, 9.17) is 0 Å². The highest BCUT2D eigenvalue weighted by molar-refractivity contribution is 7.89. The molecule has 0 unspecified atom stereocenters.